The van der Waals surface area contributed by atoms with Crippen LogP contribution in [-0.2, 0) is 13.0 Å². The van der Waals surface area contributed by atoms with Gasteiger partial charge in [-0.25, -0.2) is 0 Å². The predicted octanol–water partition coefficient (Wildman–Crippen LogP) is 2.73. The standard InChI is InChI=1S/C17H24N4O/c1-17(12-14-8-5-4-6-9-14)10-7-11-21(17)13-15-18-16(19-22-15)20(2)3/h4-6,8-9H,7,10-13H2,1-3H3. The van der Waals surface area contributed by atoms with Crippen LogP contribution in [0.4, 0.5) is 5.95 Å². The molecule has 0 spiro atoms. The second-order valence-electron chi connectivity index (χ2n) is 6.57. The van der Waals surface area contributed by atoms with E-state index in [1.807, 2.05) is 19.0 Å². The molecule has 2 heterocycles. The van der Waals surface area contributed by atoms with E-state index >= 15 is 0 Å². The van der Waals surface area contributed by atoms with Gasteiger partial charge in [-0.05, 0) is 43.5 Å². The molecule has 1 saturated heterocycles. The third-order valence-electron chi connectivity index (χ3n) is 4.52. The number of nitrogens with zero attached hydrogens (tertiary/aromatic N) is 4. The summed E-state index contributed by atoms with van der Waals surface area (Å²) in [6, 6.07) is 10.7. The fourth-order valence-corrected chi connectivity index (χ4v) is 3.24. The van der Waals surface area contributed by atoms with E-state index in [-0.39, 0.29) is 5.54 Å². The van der Waals surface area contributed by atoms with Crippen molar-refractivity contribution < 1.29 is 4.52 Å². The molecule has 118 valence electrons. The summed E-state index contributed by atoms with van der Waals surface area (Å²) in [6.07, 6.45) is 3.48. The van der Waals surface area contributed by atoms with Crippen molar-refractivity contribution in [3.63, 3.8) is 0 Å². The largest absolute Gasteiger partial charge is 0.344 e. The number of likely N-dealkylation sites (tertiary alicyclic amines) is 1. The van der Waals surface area contributed by atoms with Gasteiger partial charge in [0.25, 0.3) is 5.95 Å². The summed E-state index contributed by atoms with van der Waals surface area (Å²) in [5.41, 5.74) is 1.55. The van der Waals surface area contributed by atoms with Gasteiger partial charge >= 0.3 is 0 Å². The van der Waals surface area contributed by atoms with Crippen molar-refractivity contribution >= 4 is 5.95 Å². The van der Waals surface area contributed by atoms with Gasteiger partial charge in [0.05, 0.1) is 6.54 Å². The second kappa shape index (κ2) is 6.08. The lowest BCUT2D eigenvalue weighted by Gasteiger charge is -2.34. The molecule has 0 aliphatic carbocycles. The van der Waals surface area contributed by atoms with E-state index in [1.54, 1.807) is 0 Å². The first-order chi connectivity index (χ1) is 10.6. The highest BCUT2D eigenvalue weighted by Gasteiger charge is 2.37. The first kappa shape index (κ1) is 15.0. The maximum Gasteiger partial charge on any atom is 0.265 e. The van der Waals surface area contributed by atoms with Gasteiger partial charge in [-0.15, -0.1) is 0 Å². The normalized spacial score (nSPS) is 22.1. The minimum absolute atomic E-state index is 0.161. The molecule has 0 bridgehead atoms. The number of hydrogen-bond donors (Lipinski definition) is 0. The van der Waals surface area contributed by atoms with Crippen LogP contribution in [0.5, 0.6) is 0 Å². The van der Waals surface area contributed by atoms with Crippen LogP contribution in [0.15, 0.2) is 34.9 Å². The highest BCUT2D eigenvalue weighted by molar-refractivity contribution is 5.23. The molecule has 0 saturated carbocycles. The lowest BCUT2D eigenvalue weighted by atomic mass is 9.90. The summed E-state index contributed by atoms with van der Waals surface area (Å²) < 4.78 is 5.39. The molecule has 5 nitrogen and oxygen atoms in total. The minimum atomic E-state index is 0.161. The van der Waals surface area contributed by atoms with Gasteiger partial charge in [-0.3, -0.25) is 4.90 Å². The van der Waals surface area contributed by atoms with Crippen molar-refractivity contribution in [2.24, 2.45) is 0 Å². The average molecular weight is 300 g/mol. The molecule has 1 aromatic carbocycles. The molecule has 1 aromatic heterocycles. The Morgan fingerprint density at radius 1 is 1.27 bits per heavy atom. The van der Waals surface area contributed by atoms with Gasteiger partial charge in [0.2, 0.25) is 5.89 Å². The third-order valence-corrected chi connectivity index (χ3v) is 4.52. The van der Waals surface area contributed by atoms with Crippen LogP contribution in [0, 0.1) is 0 Å². The Morgan fingerprint density at radius 2 is 2.05 bits per heavy atom. The van der Waals surface area contributed by atoms with Gasteiger partial charge < -0.3 is 9.42 Å². The fraction of sp³-hybridized carbons (Fsp3) is 0.529. The first-order valence-electron chi connectivity index (χ1n) is 7.86. The van der Waals surface area contributed by atoms with Gasteiger partial charge in [-0.2, -0.15) is 4.98 Å². The summed E-state index contributed by atoms with van der Waals surface area (Å²) >= 11 is 0. The smallest absolute Gasteiger partial charge is 0.265 e. The van der Waals surface area contributed by atoms with Crippen molar-refractivity contribution in [3.05, 3.63) is 41.8 Å². The summed E-state index contributed by atoms with van der Waals surface area (Å²) in [5, 5.41) is 4.00. The molecule has 1 fully saturated rings. The highest BCUT2D eigenvalue weighted by Crippen LogP contribution is 2.33. The average Bonchev–Trinajstić information content (AvgIpc) is 3.09. The van der Waals surface area contributed by atoms with Gasteiger partial charge in [0, 0.05) is 19.6 Å². The monoisotopic (exact) mass is 300 g/mol. The number of hydrogen-bond acceptors (Lipinski definition) is 5. The van der Waals surface area contributed by atoms with E-state index in [2.05, 4.69) is 52.3 Å². The van der Waals surface area contributed by atoms with Crippen molar-refractivity contribution in [2.75, 3.05) is 25.5 Å². The van der Waals surface area contributed by atoms with Gasteiger partial charge in [0.15, 0.2) is 0 Å². The van der Waals surface area contributed by atoms with Crippen molar-refractivity contribution in [2.45, 2.75) is 38.3 Å². The molecule has 1 unspecified atom stereocenters. The molecule has 0 radical (unpaired) electrons. The van der Waals surface area contributed by atoms with E-state index in [1.165, 1.54) is 18.4 Å². The van der Waals surface area contributed by atoms with Crippen molar-refractivity contribution in [3.8, 4) is 0 Å². The molecule has 2 aromatic rings. The van der Waals surface area contributed by atoms with Crippen LogP contribution in [-0.4, -0.2) is 41.2 Å². The van der Waals surface area contributed by atoms with Gasteiger partial charge in [-0.1, -0.05) is 30.3 Å². The fourth-order valence-electron chi connectivity index (χ4n) is 3.24. The molecule has 0 amide bonds. The summed E-state index contributed by atoms with van der Waals surface area (Å²) in [7, 11) is 3.84. The van der Waals surface area contributed by atoms with Crippen LogP contribution < -0.4 is 4.90 Å². The number of anilines is 1. The van der Waals surface area contributed by atoms with Crippen LogP contribution in [0.1, 0.15) is 31.2 Å². The quantitative estimate of drug-likeness (QED) is 0.849. The van der Waals surface area contributed by atoms with E-state index in [9.17, 15) is 0 Å². The molecular weight excluding hydrogens is 276 g/mol. The Balaban J connectivity index is 1.71. The number of rotatable bonds is 5. The van der Waals surface area contributed by atoms with Gasteiger partial charge in [0.1, 0.15) is 0 Å². The lowest BCUT2D eigenvalue weighted by Crippen LogP contribution is -2.42. The van der Waals surface area contributed by atoms with E-state index < -0.39 is 0 Å². The van der Waals surface area contributed by atoms with Crippen LogP contribution >= 0.6 is 0 Å². The van der Waals surface area contributed by atoms with Crippen LogP contribution in [0.3, 0.4) is 0 Å². The van der Waals surface area contributed by atoms with Crippen LogP contribution in [0.25, 0.3) is 0 Å². The Kier molecular flexibility index (Phi) is 4.16. The molecule has 1 atom stereocenters. The van der Waals surface area contributed by atoms with Crippen LogP contribution in [0.2, 0.25) is 0 Å². The molecule has 0 N–H and O–H groups in total. The zero-order valence-corrected chi connectivity index (χ0v) is 13.6. The zero-order chi connectivity index (χ0) is 15.6. The van der Waals surface area contributed by atoms with Crippen molar-refractivity contribution in [1.29, 1.82) is 0 Å². The summed E-state index contributed by atoms with van der Waals surface area (Å²) in [4.78, 5) is 8.79. The third kappa shape index (κ3) is 3.14. The summed E-state index contributed by atoms with van der Waals surface area (Å²) in [5.74, 6) is 1.34. The van der Waals surface area contributed by atoms with E-state index in [0.29, 0.717) is 11.8 Å². The maximum absolute atomic E-state index is 5.39. The molecule has 5 heteroatoms. The highest BCUT2D eigenvalue weighted by atomic mass is 16.5. The maximum atomic E-state index is 5.39. The second-order valence-corrected chi connectivity index (χ2v) is 6.57. The Bertz CT molecular complexity index is 610. The molecule has 1 aliphatic rings. The Morgan fingerprint density at radius 3 is 2.73 bits per heavy atom. The first-order valence-corrected chi connectivity index (χ1v) is 7.86. The number of benzene rings is 1. The molecule has 3 rings (SSSR count). The molecule has 22 heavy (non-hydrogen) atoms. The Labute approximate surface area is 131 Å². The number of aromatic nitrogens is 2. The summed E-state index contributed by atoms with van der Waals surface area (Å²) in [6.45, 7) is 4.16. The zero-order valence-electron chi connectivity index (χ0n) is 13.6. The predicted molar refractivity (Wildman–Crippen MR) is 86.8 cm³/mol. The minimum Gasteiger partial charge on any atom is -0.344 e. The van der Waals surface area contributed by atoms with E-state index in [4.69, 9.17) is 4.52 Å². The SMILES string of the molecule is CN(C)c1noc(CN2CCCC2(C)Cc2ccccc2)n1. The topological polar surface area (TPSA) is 45.4 Å². The lowest BCUT2D eigenvalue weighted by molar-refractivity contribution is 0.129. The van der Waals surface area contributed by atoms with Crippen molar-refractivity contribution in [1.82, 2.24) is 15.0 Å². The Hall–Kier alpha value is -1.88. The van der Waals surface area contributed by atoms with E-state index in [0.717, 1.165) is 19.5 Å². The molecule has 1 aliphatic heterocycles. The molecular formula is C17H24N4O.